The molecule has 0 aliphatic carbocycles. The molecule has 1 aliphatic rings. The van der Waals surface area contributed by atoms with Crippen molar-refractivity contribution >= 4 is 35.0 Å². The summed E-state index contributed by atoms with van der Waals surface area (Å²) in [5.41, 5.74) is 0.105. The van der Waals surface area contributed by atoms with Gasteiger partial charge in [0.25, 0.3) is 5.91 Å². The molecule has 2 aromatic rings. The van der Waals surface area contributed by atoms with Crippen molar-refractivity contribution in [1.29, 1.82) is 0 Å². The first kappa shape index (κ1) is 18.3. The molecule has 0 radical (unpaired) electrons. The van der Waals surface area contributed by atoms with Gasteiger partial charge in [0.15, 0.2) is 0 Å². The minimum absolute atomic E-state index is 0.0534. The number of carbonyl (C=O) groups excluding carboxylic acids is 2. The summed E-state index contributed by atoms with van der Waals surface area (Å²) in [6, 6.07) is 8.43. The molecule has 2 N–H and O–H groups in total. The van der Waals surface area contributed by atoms with Gasteiger partial charge in [-0.2, -0.15) is 13.2 Å². The van der Waals surface area contributed by atoms with E-state index in [-0.39, 0.29) is 28.0 Å². The summed E-state index contributed by atoms with van der Waals surface area (Å²) in [4.78, 5) is 25.0. The number of alkyl halides is 3. The highest BCUT2D eigenvalue weighted by molar-refractivity contribution is 8.00. The van der Waals surface area contributed by atoms with Crippen LogP contribution in [0.25, 0.3) is 0 Å². The molecule has 0 bridgehead atoms. The Balaban J connectivity index is 1.83. The standard InChI is InChI=1S/C18H15F3N2O2S/c1-9-3-5-12(8-13(9)18(19,20)21)22-17(25)11-4-6-15-14(7-11)23-16(24)10(2)26-15/h3-8,10H,1-2H3,(H,22,25)(H,23,24). The topological polar surface area (TPSA) is 58.2 Å². The van der Waals surface area contributed by atoms with Crippen LogP contribution >= 0.6 is 11.8 Å². The molecule has 0 aromatic heterocycles. The van der Waals surface area contributed by atoms with Crippen molar-refractivity contribution in [3.63, 3.8) is 0 Å². The fourth-order valence-electron chi connectivity index (χ4n) is 2.56. The second kappa shape index (κ2) is 6.68. The van der Waals surface area contributed by atoms with Crippen LogP contribution in [0, 0.1) is 6.92 Å². The number of thioether (sulfide) groups is 1. The van der Waals surface area contributed by atoms with Crippen molar-refractivity contribution in [3.8, 4) is 0 Å². The van der Waals surface area contributed by atoms with Crippen molar-refractivity contribution < 1.29 is 22.8 Å². The highest BCUT2D eigenvalue weighted by atomic mass is 32.2. The van der Waals surface area contributed by atoms with E-state index >= 15 is 0 Å². The number of nitrogens with one attached hydrogen (secondary N) is 2. The zero-order valence-electron chi connectivity index (χ0n) is 13.9. The van der Waals surface area contributed by atoms with Gasteiger partial charge in [0, 0.05) is 16.1 Å². The first-order chi connectivity index (χ1) is 12.1. The lowest BCUT2D eigenvalue weighted by molar-refractivity contribution is -0.138. The Labute approximate surface area is 152 Å². The van der Waals surface area contributed by atoms with Crippen LogP contribution in [-0.4, -0.2) is 17.1 Å². The molecule has 0 saturated heterocycles. The van der Waals surface area contributed by atoms with Gasteiger partial charge < -0.3 is 10.6 Å². The van der Waals surface area contributed by atoms with Crippen LogP contribution in [0.1, 0.15) is 28.4 Å². The number of aryl methyl sites for hydroxylation is 1. The number of benzene rings is 2. The van der Waals surface area contributed by atoms with Crippen LogP contribution in [0.15, 0.2) is 41.3 Å². The van der Waals surface area contributed by atoms with Gasteiger partial charge in [-0.25, -0.2) is 0 Å². The monoisotopic (exact) mass is 380 g/mol. The predicted octanol–water partition coefficient (Wildman–Crippen LogP) is 4.70. The van der Waals surface area contributed by atoms with E-state index in [0.717, 1.165) is 11.0 Å². The Kier molecular flexibility index (Phi) is 4.70. The Morgan fingerprint density at radius 1 is 1.19 bits per heavy atom. The summed E-state index contributed by atoms with van der Waals surface area (Å²) < 4.78 is 39.0. The summed E-state index contributed by atoms with van der Waals surface area (Å²) in [6.45, 7) is 3.14. The van der Waals surface area contributed by atoms with Crippen LogP contribution < -0.4 is 10.6 Å². The third kappa shape index (κ3) is 3.70. The normalized spacial score (nSPS) is 16.7. The third-order valence-electron chi connectivity index (χ3n) is 3.97. The van der Waals surface area contributed by atoms with Gasteiger partial charge >= 0.3 is 6.18 Å². The molecule has 3 rings (SSSR count). The fourth-order valence-corrected chi connectivity index (χ4v) is 3.49. The molecule has 1 aliphatic heterocycles. The number of rotatable bonds is 2. The maximum absolute atomic E-state index is 13.0. The van der Waals surface area contributed by atoms with Crippen molar-refractivity contribution in [2.24, 2.45) is 0 Å². The van der Waals surface area contributed by atoms with E-state index in [4.69, 9.17) is 0 Å². The lowest BCUT2D eigenvalue weighted by atomic mass is 10.1. The molecule has 4 nitrogen and oxygen atoms in total. The van der Waals surface area contributed by atoms with Gasteiger partial charge in [0.1, 0.15) is 0 Å². The molecule has 26 heavy (non-hydrogen) atoms. The van der Waals surface area contributed by atoms with Crippen molar-refractivity contribution in [2.75, 3.05) is 10.6 Å². The Morgan fingerprint density at radius 2 is 1.92 bits per heavy atom. The van der Waals surface area contributed by atoms with Gasteiger partial charge in [-0.15, -0.1) is 11.8 Å². The zero-order chi connectivity index (χ0) is 19.1. The summed E-state index contributed by atoms with van der Waals surface area (Å²) in [7, 11) is 0. The smallest absolute Gasteiger partial charge is 0.324 e. The quantitative estimate of drug-likeness (QED) is 0.794. The van der Waals surface area contributed by atoms with E-state index in [2.05, 4.69) is 10.6 Å². The summed E-state index contributed by atoms with van der Waals surface area (Å²) in [6.07, 6.45) is -4.49. The maximum atomic E-state index is 13.0. The number of hydrogen-bond acceptors (Lipinski definition) is 3. The van der Waals surface area contributed by atoms with E-state index in [9.17, 15) is 22.8 Å². The molecule has 0 fully saturated rings. The van der Waals surface area contributed by atoms with Gasteiger partial charge in [-0.1, -0.05) is 6.07 Å². The molecule has 136 valence electrons. The van der Waals surface area contributed by atoms with Gasteiger partial charge in [-0.05, 0) is 49.7 Å². The molecule has 8 heteroatoms. The maximum Gasteiger partial charge on any atom is 0.416 e. The molecule has 2 amide bonds. The number of hydrogen-bond donors (Lipinski definition) is 2. The number of carbonyl (C=O) groups is 2. The largest absolute Gasteiger partial charge is 0.416 e. The number of amides is 2. The molecular weight excluding hydrogens is 365 g/mol. The molecule has 1 unspecified atom stereocenters. The highest BCUT2D eigenvalue weighted by Crippen LogP contribution is 2.36. The average Bonchev–Trinajstić information content (AvgIpc) is 2.56. The summed E-state index contributed by atoms with van der Waals surface area (Å²) in [5, 5.41) is 4.96. The van der Waals surface area contributed by atoms with Crippen LogP contribution in [0.4, 0.5) is 24.5 Å². The number of anilines is 2. The van der Waals surface area contributed by atoms with Crippen molar-refractivity contribution in [2.45, 2.75) is 30.2 Å². The molecule has 0 spiro atoms. The lowest BCUT2D eigenvalue weighted by Gasteiger charge is -2.21. The molecule has 2 aromatic carbocycles. The minimum Gasteiger partial charge on any atom is -0.324 e. The van der Waals surface area contributed by atoms with E-state index in [0.29, 0.717) is 5.69 Å². The first-order valence-corrected chi connectivity index (χ1v) is 8.64. The van der Waals surface area contributed by atoms with Crippen LogP contribution in [0.2, 0.25) is 0 Å². The molecule has 1 heterocycles. The minimum atomic E-state index is -4.49. The Morgan fingerprint density at radius 3 is 2.62 bits per heavy atom. The number of fused-ring (bicyclic) bond motifs is 1. The average molecular weight is 380 g/mol. The Hall–Kier alpha value is -2.48. The van der Waals surface area contributed by atoms with E-state index in [1.165, 1.54) is 36.9 Å². The van der Waals surface area contributed by atoms with Gasteiger partial charge in [0.05, 0.1) is 16.5 Å². The predicted molar refractivity (Wildman–Crippen MR) is 94.5 cm³/mol. The van der Waals surface area contributed by atoms with Gasteiger partial charge in [-0.3, -0.25) is 9.59 Å². The fraction of sp³-hybridized carbons (Fsp3) is 0.222. The van der Waals surface area contributed by atoms with Gasteiger partial charge in [0.2, 0.25) is 5.91 Å². The summed E-state index contributed by atoms with van der Waals surface area (Å²) >= 11 is 1.38. The highest BCUT2D eigenvalue weighted by Gasteiger charge is 2.32. The second-order valence-electron chi connectivity index (χ2n) is 5.94. The van der Waals surface area contributed by atoms with Crippen LogP contribution in [0.5, 0.6) is 0 Å². The third-order valence-corrected chi connectivity index (χ3v) is 5.15. The van der Waals surface area contributed by atoms with E-state index in [1.54, 1.807) is 19.1 Å². The Bertz CT molecular complexity index is 896. The number of halogens is 3. The molecule has 0 saturated carbocycles. The SMILES string of the molecule is Cc1ccc(NC(=O)c2ccc3c(c2)NC(=O)C(C)S3)cc1C(F)(F)F. The summed E-state index contributed by atoms with van der Waals surface area (Å²) in [5.74, 6) is -0.712. The molecule has 1 atom stereocenters. The molecular formula is C18H15F3N2O2S. The van der Waals surface area contributed by atoms with E-state index in [1.807, 2.05) is 0 Å². The zero-order valence-corrected chi connectivity index (χ0v) is 14.7. The first-order valence-electron chi connectivity index (χ1n) is 7.76. The van der Waals surface area contributed by atoms with Crippen molar-refractivity contribution in [3.05, 3.63) is 53.1 Å². The lowest BCUT2D eigenvalue weighted by Crippen LogP contribution is -2.26. The van der Waals surface area contributed by atoms with Crippen molar-refractivity contribution in [1.82, 2.24) is 0 Å². The van der Waals surface area contributed by atoms with Crippen LogP contribution in [-0.2, 0) is 11.0 Å². The van der Waals surface area contributed by atoms with E-state index < -0.39 is 17.6 Å². The second-order valence-corrected chi connectivity index (χ2v) is 7.32. The van der Waals surface area contributed by atoms with Crippen LogP contribution in [0.3, 0.4) is 0 Å².